The minimum absolute atomic E-state index is 0.0936. The van der Waals surface area contributed by atoms with E-state index in [0.717, 1.165) is 0 Å². The largest absolute Gasteiger partial charge is 0.294 e. The SMILES string of the molecule is CC(=O)c1cc(I)cc([N+](=O)[O-])c1C#N. The van der Waals surface area contributed by atoms with E-state index in [9.17, 15) is 14.9 Å². The van der Waals surface area contributed by atoms with E-state index < -0.39 is 4.92 Å². The number of hydrogen-bond donors (Lipinski definition) is 0. The van der Waals surface area contributed by atoms with Gasteiger partial charge in [-0.15, -0.1) is 0 Å². The van der Waals surface area contributed by atoms with Crippen LogP contribution in [0.1, 0.15) is 22.8 Å². The maximum Gasteiger partial charge on any atom is 0.288 e. The number of Topliss-reactive ketones (excluding diaryl/α,β-unsaturated/α-hetero) is 1. The van der Waals surface area contributed by atoms with Crippen molar-refractivity contribution < 1.29 is 9.72 Å². The molecule has 0 aliphatic heterocycles. The summed E-state index contributed by atoms with van der Waals surface area (Å²) in [5, 5.41) is 19.4. The van der Waals surface area contributed by atoms with E-state index in [2.05, 4.69) is 0 Å². The zero-order valence-electron chi connectivity index (χ0n) is 7.65. The lowest BCUT2D eigenvalue weighted by atomic mass is 10.0. The smallest absolute Gasteiger partial charge is 0.288 e. The van der Waals surface area contributed by atoms with Crippen molar-refractivity contribution in [3.05, 3.63) is 36.9 Å². The van der Waals surface area contributed by atoms with Crippen molar-refractivity contribution in [2.45, 2.75) is 6.92 Å². The summed E-state index contributed by atoms with van der Waals surface area (Å²) < 4.78 is 0.559. The van der Waals surface area contributed by atoms with Crippen LogP contribution >= 0.6 is 22.6 Å². The van der Waals surface area contributed by atoms with Crippen LogP contribution in [-0.4, -0.2) is 10.7 Å². The number of benzene rings is 1. The van der Waals surface area contributed by atoms with Crippen molar-refractivity contribution in [2.75, 3.05) is 0 Å². The molecule has 0 radical (unpaired) electrons. The second-order valence-corrected chi connectivity index (χ2v) is 4.02. The zero-order chi connectivity index (χ0) is 11.6. The molecule has 0 amide bonds. The highest BCUT2D eigenvalue weighted by molar-refractivity contribution is 14.1. The van der Waals surface area contributed by atoms with Gasteiger partial charge >= 0.3 is 0 Å². The first kappa shape index (κ1) is 11.6. The van der Waals surface area contributed by atoms with Gasteiger partial charge < -0.3 is 0 Å². The second-order valence-electron chi connectivity index (χ2n) is 2.77. The molecule has 0 saturated carbocycles. The first-order valence-corrected chi connectivity index (χ1v) is 4.94. The lowest BCUT2D eigenvalue weighted by Crippen LogP contribution is -2.02. The van der Waals surface area contributed by atoms with Crippen molar-refractivity contribution in [3.8, 4) is 6.07 Å². The van der Waals surface area contributed by atoms with Crippen molar-refractivity contribution >= 4 is 34.1 Å². The number of ketones is 1. The molecule has 0 saturated heterocycles. The van der Waals surface area contributed by atoms with E-state index in [1.807, 2.05) is 22.6 Å². The predicted octanol–water partition coefficient (Wildman–Crippen LogP) is 2.27. The number of halogens is 1. The van der Waals surface area contributed by atoms with Gasteiger partial charge in [0, 0.05) is 15.2 Å². The van der Waals surface area contributed by atoms with Gasteiger partial charge in [0.25, 0.3) is 5.69 Å². The molecule has 0 heterocycles. The highest BCUT2D eigenvalue weighted by Crippen LogP contribution is 2.25. The molecule has 76 valence electrons. The summed E-state index contributed by atoms with van der Waals surface area (Å²) >= 11 is 1.86. The minimum Gasteiger partial charge on any atom is -0.294 e. The Morgan fingerprint density at radius 3 is 2.60 bits per heavy atom. The van der Waals surface area contributed by atoms with Crippen LogP contribution in [0.25, 0.3) is 0 Å². The Labute approximate surface area is 99.0 Å². The van der Waals surface area contributed by atoms with Gasteiger partial charge in [0.05, 0.1) is 4.92 Å². The molecule has 1 aromatic rings. The molecule has 6 heteroatoms. The molecule has 1 aromatic carbocycles. The molecule has 0 aromatic heterocycles. The summed E-state index contributed by atoms with van der Waals surface area (Å²) in [6.07, 6.45) is 0. The first-order valence-electron chi connectivity index (χ1n) is 3.86. The molecule has 0 fully saturated rings. The summed E-state index contributed by atoms with van der Waals surface area (Å²) in [5.74, 6) is -0.354. The number of nitriles is 1. The Morgan fingerprint density at radius 1 is 1.60 bits per heavy atom. The second kappa shape index (κ2) is 4.35. The maximum atomic E-state index is 11.2. The van der Waals surface area contributed by atoms with Gasteiger partial charge in [-0.3, -0.25) is 14.9 Å². The topological polar surface area (TPSA) is 84.0 Å². The number of nitrogens with zero attached hydrogens (tertiary/aromatic N) is 2. The lowest BCUT2D eigenvalue weighted by Gasteiger charge is -2.01. The summed E-state index contributed by atoms with van der Waals surface area (Å²) in [7, 11) is 0. The molecular formula is C9H5IN2O3. The third-order valence-electron chi connectivity index (χ3n) is 1.77. The van der Waals surface area contributed by atoms with E-state index in [0.29, 0.717) is 3.57 Å². The fraction of sp³-hybridized carbons (Fsp3) is 0.111. The molecule has 1 rings (SSSR count). The van der Waals surface area contributed by atoms with Crippen molar-refractivity contribution in [2.24, 2.45) is 0 Å². The van der Waals surface area contributed by atoms with Crippen LogP contribution in [-0.2, 0) is 0 Å². The van der Waals surface area contributed by atoms with Crippen LogP contribution in [0.15, 0.2) is 12.1 Å². The summed E-state index contributed by atoms with van der Waals surface area (Å²) in [6, 6.07) is 4.42. The highest BCUT2D eigenvalue weighted by Gasteiger charge is 2.20. The Morgan fingerprint density at radius 2 is 2.20 bits per heavy atom. The van der Waals surface area contributed by atoms with E-state index in [1.165, 1.54) is 19.1 Å². The quantitative estimate of drug-likeness (QED) is 0.363. The normalized spacial score (nSPS) is 9.40. The fourth-order valence-corrected chi connectivity index (χ4v) is 1.74. The Kier molecular flexibility index (Phi) is 3.36. The van der Waals surface area contributed by atoms with Gasteiger partial charge in [-0.05, 0) is 35.6 Å². The molecular weight excluding hydrogens is 311 g/mol. The Bertz CT molecular complexity index is 456. The Balaban J connectivity index is 3.62. The monoisotopic (exact) mass is 316 g/mol. The van der Waals surface area contributed by atoms with Gasteiger partial charge in [0.1, 0.15) is 11.6 Å². The van der Waals surface area contributed by atoms with Crippen molar-refractivity contribution in [3.63, 3.8) is 0 Å². The van der Waals surface area contributed by atoms with Crippen molar-refractivity contribution in [1.29, 1.82) is 5.26 Å². The van der Waals surface area contributed by atoms with Crippen molar-refractivity contribution in [1.82, 2.24) is 0 Å². The molecule has 0 N–H and O–H groups in total. The molecule has 0 spiro atoms. The molecule has 0 bridgehead atoms. The van der Waals surface area contributed by atoms with Crippen LogP contribution in [0.5, 0.6) is 0 Å². The summed E-state index contributed by atoms with van der Waals surface area (Å²) in [5.41, 5.74) is -0.404. The van der Waals surface area contributed by atoms with E-state index >= 15 is 0 Å². The summed E-state index contributed by atoms with van der Waals surface area (Å²) in [4.78, 5) is 21.2. The standard InChI is InChI=1S/C9H5IN2O3/c1-5(13)7-2-6(10)3-9(12(14)15)8(7)4-11/h2-3H,1H3. The van der Waals surface area contributed by atoms with Gasteiger partial charge in [-0.2, -0.15) is 5.26 Å². The number of hydrogen-bond acceptors (Lipinski definition) is 4. The average Bonchev–Trinajstić information content (AvgIpc) is 2.16. The number of carbonyl (C=O) groups excluding carboxylic acids is 1. The molecule has 0 unspecified atom stereocenters. The maximum absolute atomic E-state index is 11.2. The third-order valence-corrected chi connectivity index (χ3v) is 2.39. The Hall–Kier alpha value is -1.49. The third kappa shape index (κ3) is 2.30. The number of carbonyl (C=O) groups is 1. The lowest BCUT2D eigenvalue weighted by molar-refractivity contribution is -0.385. The van der Waals surface area contributed by atoms with Gasteiger partial charge in [-0.25, -0.2) is 0 Å². The minimum atomic E-state index is -0.660. The van der Waals surface area contributed by atoms with Crippen LogP contribution < -0.4 is 0 Å². The number of rotatable bonds is 2. The van der Waals surface area contributed by atoms with Crippen LogP contribution in [0.4, 0.5) is 5.69 Å². The number of nitro benzene ring substituents is 1. The van der Waals surface area contributed by atoms with Crippen LogP contribution in [0.3, 0.4) is 0 Å². The molecule has 5 nitrogen and oxygen atoms in total. The average molecular weight is 316 g/mol. The molecule has 0 aliphatic carbocycles. The van der Waals surface area contributed by atoms with E-state index in [1.54, 1.807) is 6.07 Å². The zero-order valence-corrected chi connectivity index (χ0v) is 9.81. The van der Waals surface area contributed by atoms with E-state index in [4.69, 9.17) is 5.26 Å². The summed E-state index contributed by atoms with van der Waals surface area (Å²) in [6.45, 7) is 1.27. The van der Waals surface area contributed by atoms with Gasteiger partial charge in [0.2, 0.25) is 0 Å². The first-order chi connectivity index (χ1) is 6.97. The number of nitro groups is 1. The highest BCUT2D eigenvalue weighted by atomic mass is 127. The van der Waals surface area contributed by atoms with Crippen LogP contribution in [0, 0.1) is 25.0 Å². The molecule has 15 heavy (non-hydrogen) atoms. The van der Waals surface area contributed by atoms with Gasteiger partial charge in [0.15, 0.2) is 5.78 Å². The fourth-order valence-electron chi connectivity index (χ4n) is 1.13. The molecule has 0 atom stereocenters. The predicted molar refractivity (Wildman–Crippen MR) is 60.5 cm³/mol. The molecule has 0 aliphatic rings. The van der Waals surface area contributed by atoms with Gasteiger partial charge in [-0.1, -0.05) is 0 Å². The van der Waals surface area contributed by atoms with Crippen LogP contribution in [0.2, 0.25) is 0 Å². The van der Waals surface area contributed by atoms with E-state index in [-0.39, 0.29) is 22.6 Å².